The van der Waals surface area contributed by atoms with Crippen molar-refractivity contribution in [3.8, 4) is 5.75 Å². The van der Waals surface area contributed by atoms with Crippen molar-refractivity contribution in [2.24, 2.45) is 0 Å². The van der Waals surface area contributed by atoms with E-state index in [0.29, 0.717) is 44.2 Å². The molecule has 0 bridgehead atoms. The Balaban J connectivity index is 1.52. The lowest BCUT2D eigenvalue weighted by Gasteiger charge is -2.34. The lowest BCUT2D eigenvalue weighted by Crippen LogP contribution is -3.09. The first kappa shape index (κ1) is 21.3. The van der Waals surface area contributed by atoms with Crippen LogP contribution in [0.5, 0.6) is 5.75 Å². The van der Waals surface area contributed by atoms with Crippen LogP contribution in [0.15, 0.2) is 59.5 Å². The van der Waals surface area contributed by atoms with Crippen LogP contribution in [0.4, 0.5) is 0 Å². The highest BCUT2D eigenvalue weighted by Gasteiger charge is 2.30. The molecule has 0 spiro atoms. The Morgan fingerprint density at radius 1 is 1.03 bits per heavy atom. The Morgan fingerprint density at radius 2 is 1.72 bits per heavy atom. The Morgan fingerprint density at radius 3 is 2.38 bits per heavy atom. The lowest BCUT2D eigenvalue weighted by atomic mass is 10.2. The number of rotatable bonds is 7. The van der Waals surface area contributed by atoms with Gasteiger partial charge in [0.2, 0.25) is 10.0 Å². The Kier molecular flexibility index (Phi) is 6.89. The first-order chi connectivity index (χ1) is 13.9. The third-order valence-electron chi connectivity index (χ3n) is 5.07. The fourth-order valence-corrected chi connectivity index (χ4v) is 4.93. The number of hydrogen-bond donors (Lipinski definition) is 1. The highest BCUT2D eigenvalue weighted by molar-refractivity contribution is 7.89. The maximum Gasteiger partial charge on any atom is 0.277 e. The number of quaternary nitrogens is 1. The highest BCUT2D eigenvalue weighted by Crippen LogP contribution is 2.17. The standard InChI is InChI=1S/C21H27N3O4S/c1-22(16-18-7-6-8-19(15-18)28-2)17-21(25)23-11-13-24(14-12-23)29(26,27)20-9-4-3-5-10-20/h3-10,15H,11-14,16-17H2,1-2H3/p+1. The molecule has 2 aromatic carbocycles. The summed E-state index contributed by atoms with van der Waals surface area (Å²) in [5.74, 6) is 0.847. The SMILES string of the molecule is COc1cccc(C[NH+](C)CC(=O)N2CCN(S(=O)(=O)c3ccccc3)CC2)c1. The molecule has 0 saturated carbocycles. The van der Waals surface area contributed by atoms with Crippen LogP contribution in [0.25, 0.3) is 0 Å². The summed E-state index contributed by atoms with van der Waals surface area (Å²) in [5, 5.41) is 0. The summed E-state index contributed by atoms with van der Waals surface area (Å²) < 4.78 is 32.1. The van der Waals surface area contributed by atoms with Crippen molar-refractivity contribution < 1.29 is 22.8 Å². The Hall–Kier alpha value is -2.42. The van der Waals surface area contributed by atoms with Crippen LogP contribution in [-0.2, 0) is 21.4 Å². The maximum atomic E-state index is 12.7. The molecule has 1 amide bonds. The van der Waals surface area contributed by atoms with Crippen molar-refractivity contribution in [1.82, 2.24) is 9.21 Å². The van der Waals surface area contributed by atoms with E-state index in [1.807, 2.05) is 31.3 Å². The molecule has 1 saturated heterocycles. The van der Waals surface area contributed by atoms with Crippen LogP contribution in [0.2, 0.25) is 0 Å². The molecule has 7 nitrogen and oxygen atoms in total. The summed E-state index contributed by atoms with van der Waals surface area (Å²) in [6.45, 7) is 2.54. The van der Waals surface area contributed by atoms with Crippen LogP contribution >= 0.6 is 0 Å². The molecule has 0 aromatic heterocycles. The average molecular weight is 419 g/mol. The van der Waals surface area contributed by atoms with Crippen molar-refractivity contribution in [3.05, 3.63) is 60.2 Å². The number of amides is 1. The van der Waals surface area contributed by atoms with Gasteiger partial charge in [-0.05, 0) is 24.3 Å². The monoisotopic (exact) mass is 418 g/mol. The largest absolute Gasteiger partial charge is 0.497 e. The molecule has 0 radical (unpaired) electrons. The van der Waals surface area contributed by atoms with Gasteiger partial charge < -0.3 is 14.5 Å². The fourth-order valence-electron chi connectivity index (χ4n) is 3.48. The average Bonchev–Trinajstić information content (AvgIpc) is 2.74. The summed E-state index contributed by atoms with van der Waals surface area (Å²) >= 11 is 0. The van der Waals surface area contributed by atoms with Crippen LogP contribution in [0.3, 0.4) is 0 Å². The number of methoxy groups -OCH3 is 1. The number of hydrogen-bond acceptors (Lipinski definition) is 4. The van der Waals surface area contributed by atoms with Gasteiger partial charge in [-0.2, -0.15) is 4.31 Å². The van der Waals surface area contributed by atoms with Gasteiger partial charge in [-0.25, -0.2) is 8.42 Å². The Bertz CT molecular complexity index is 926. The van der Waals surface area contributed by atoms with E-state index in [2.05, 4.69) is 0 Å². The van der Waals surface area contributed by atoms with E-state index in [4.69, 9.17) is 4.74 Å². The summed E-state index contributed by atoms with van der Waals surface area (Å²) in [6, 6.07) is 16.3. The molecule has 156 valence electrons. The predicted octanol–water partition coefficient (Wildman–Crippen LogP) is 0.243. The normalized spacial score (nSPS) is 16.4. The van der Waals surface area contributed by atoms with Crippen molar-refractivity contribution in [1.29, 1.82) is 0 Å². The maximum absolute atomic E-state index is 12.7. The molecule has 0 aliphatic carbocycles. The number of likely N-dealkylation sites (N-methyl/N-ethyl adjacent to an activating group) is 1. The number of carbonyl (C=O) groups is 1. The van der Waals surface area contributed by atoms with Crippen LogP contribution in [-0.4, -0.2) is 70.4 Å². The number of ether oxygens (including phenoxy) is 1. The molecule has 1 N–H and O–H groups in total. The molecule has 1 unspecified atom stereocenters. The summed E-state index contributed by atoms with van der Waals surface area (Å²) in [5.41, 5.74) is 1.11. The molecule has 29 heavy (non-hydrogen) atoms. The van der Waals surface area contributed by atoms with Gasteiger partial charge >= 0.3 is 0 Å². The zero-order valence-corrected chi connectivity index (χ0v) is 17.7. The minimum absolute atomic E-state index is 0.0437. The summed E-state index contributed by atoms with van der Waals surface area (Å²) in [6.07, 6.45) is 0. The Labute approximate surface area is 172 Å². The summed E-state index contributed by atoms with van der Waals surface area (Å²) in [7, 11) is 0.112. The number of piperazine rings is 1. The van der Waals surface area contributed by atoms with Gasteiger partial charge in [0.05, 0.1) is 19.1 Å². The molecule has 2 aromatic rings. The van der Waals surface area contributed by atoms with Crippen LogP contribution < -0.4 is 9.64 Å². The molecule has 8 heteroatoms. The zero-order valence-electron chi connectivity index (χ0n) is 16.9. The quantitative estimate of drug-likeness (QED) is 0.700. The van der Waals surface area contributed by atoms with E-state index in [1.54, 1.807) is 42.3 Å². The first-order valence-corrected chi connectivity index (χ1v) is 11.1. The molecular formula is C21H28N3O4S+. The lowest BCUT2D eigenvalue weighted by molar-refractivity contribution is -0.885. The predicted molar refractivity (Wildman–Crippen MR) is 110 cm³/mol. The molecule has 1 aliphatic heterocycles. The highest BCUT2D eigenvalue weighted by atomic mass is 32.2. The van der Waals surface area contributed by atoms with Crippen molar-refractivity contribution in [2.45, 2.75) is 11.4 Å². The minimum atomic E-state index is -3.50. The number of sulfonamides is 1. The topological polar surface area (TPSA) is 71.4 Å². The van der Waals surface area contributed by atoms with Gasteiger partial charge in [0.1, 0.15) is 12.3 Å². The van der Waals surface area contributed by atoms with E-state index in [0.717, 1.165) is 16.2 Å². The fraction of sp³-hybridized carbons (Fsp3) is 0.381. The van der Waals surface area contributed by atoms with Crippen LogP contribution in [0.1, 0.15) is 5.56 Å². The first-order valence-electron chi connectivity index (χ1n) is 9.67. The molecule has 1 fully saturated rings. The third-order valence-corrected chi connectivity index (χ3v) is 6.98. The second-order valence-corrected chi connectivity index (χ2v) is 9.20. The number of carbonyl (C=O) groups excluding carboxylic acids is 1. The van der Waals surface area contributed by atoms with Crippen molar-refractivity contribution in [2.75, 3.05) is 46.9 Å². The number of benzene rings is 2. The van der Waals surface area contributed by atoms with E-state index < -0.39 is 10.0 Å². The minimum Gasteiger partial charge on any atom is -0.497 e. The van der Waals surface area contributed by atoms with Crippen molar-refractivity contribution >= 4 is 15.9 Å². The van der Waals surface area contributed by atoms with Crippen LogP contribution in [0, 0.1) is 0 Å². The van der Waals surface area contributed by atoms with Gasteiger partial charge in [-0.1, -0.05) is 30.3 Å². The van der Waals surface area contributed by atoms with E-state index in [9.17, 15) is 13.2 Å². The van der Waals surface area contributed by atoms with E-state index in [1.165, 1.54) is 4.31 Å². The summed E-state index contributed by atoms with van der Waals surface area (Å²) in [4.78, 5) is 15.8. The molecular weight excluding hydrogens is 390 g/mol. The van der Waals surface area contributed by atoms with E-state index >= 15 is 0 Å². The molecule has 1 atom stereocenters. The smallest absolute Gasteiger partial charge is 0.277 e. The van der Waals surface area contributed by atoms with Gasteiger partial charge in [-0.15, -0.1) is 0 Å². The number of nitrogens with one attached hydrogen (secondary N) is 1. The van der Waals surface area contributed by atoms with Gasteiger partial charge in [-0.3, -0.25) is 4.79 Å². The third kappa shape index (κ3) is 5.35. The van der Waals surface area contributed by atoms with Gasteiger partial charge in [0.25, 0.3) is 5.91 Å². The number of nitrogens with zero attached hydrogens (tertiary/aromatic N) is 2. The van der Waals surface area contributed by atoms with Crippen molar-refractivity contribution in [3.63, 3.8) is 0 Å². The van der Waals surface area contributed by atoms with E-state index in [-0.39, 0.29) is 5.91 Å². The molecule has 3 rings (SSSR count). The molecule has 1 heterocycles. The van der Waals surface area contributed by atoms with Gasteiger partial charge in [0.15, 0.2) is 6.54 Å². The second-order valence-electron chi connectivity index (χ2n) is 7.26. The zero-order chi connectivity index (χ0) is 20.9. The van der Waals surface area contributed by atoms with Gasteiger partial charge in [0, 0.05) is 31.7 Å². The molecule has 1 aliphatic rings. The second kappa shape index (κ2) is 9.39.